The molecule has 1 N–H and O–H groups in total. The van der Waals surface area contributed by atoms with Gasteiger partial charge in [0.2, 0.25) is 0 Å². The summed E-state index contributed by atoms with van der Waals surface area (Å²) in [5, 5.41) is 3.44. The zero-order chi connectivity index (χ0) is 13.7. The maximum absolute atomic E-state index is 5.97. The molecule has 2 rings (SSSR count). The van der Waals surface area contributed by atoms with Gasteiger partial charge >= 0.3 is 0 Å². The zero-order valence-electron chi connectivity index (χ0n) is 12.4. The van der Waals surface area contributed by atoms with Crippen molar-refractivity contribution < 1.29 is 4.74 Å². The normalized spacial score (nSPS) is 18.5. The lowest BCUT2D eigenvalue weighted by Gasteiger charge is -2.26. The van der Waals surface area contributed by atoms with Gasteiger partial charge in [0.1, 0.15) is 5.82 Å². The Balaban J connectivity index is 2.02. The number of rotatable bonds is 9. The minimum absolute atomic E-state index is 0.335. The van der Waals surface area contributed by atoms with Crippen molar-refractivity contribution in [3.05, 3.63) is 18.2 Å². The number of likely N-dealkylation sites (N-methyl/N-ethyl adjacent to an activating group) is 1. The minimum Gasteiger partial charge on any atom is -0.377 e. The lowest BCUT2D eigenvalue weighted by atomic mass is 10.0. The van der Waals surface area contributed by atoms with E-state index in [1.54, 1.807) is 0 Å². The van der Waals surface area contributed by atoms with Crippen LogP contribution in [0.2, 0.25) is 0 Å². The van der Waals surface area contributed by atoms with E-state index in [0.29, 0.717) is 12.1 Å². The highest BCUT2D eigenvalue weighted by atomic mass is 16.5. The number of nitrogens with zero attached hydrogens (tertiary/aromatic N) is 2. The van der Waals surface area contributed by atoms with Crippen molar-refractivity contribution >= 4 is 0 Å². The first kappa shape index (κ1) is 14.5. The average molecular weight is 265 g/mol. The smallest absolute Gasteiger partial charge is 0.110 e. The summed E-state index contributed by atoms with van der Waals surface area (Å²) in [7, 11) is 2.03. The number of hydrogen-bond acceptors (Lipinski definition) is 3. The molecule has 0 amide bonds. The van der Waals surface area contributed by atoms with Gasteiger partial charge in [0.15, 0.2) is 0 Å². The van der Waals surface area contributed by atoms with Gasteiger partial charge in [0, 0.05) is 38.0 Å². The van der Waals surface area contributed by atoms with E-state index >= 15 is 0 Å². The molecule has 4 heteroatoms. The Kier molecular flexibility index (Phi) is 5.40. The summed E-state index contributed by atoms with van der Waals surface area (Å²) in [5.41, 5.74) is 0. The van der Waals surface area contributed by atoms with Crippen molar-refractivity contribution in [3.8, 4) is 0 Å². The second kappa shape index (κ2) is 7.06. The largest absolute Gasteiger partial charge is 0.377 e. The molecule has 0 saturated heterocycles. The number of hydrogen-bond donors (Lipinski definition) is 1. The van der Waals surface area contributed by atoms with Crippen molar-refractivity contribution in [1.82, 2.24) is 14.9 Å². The Morgan fingerprint density at radius 1 is 1.47 bits per heavy atom. The van der Waals surface area contributed by atoms with Crippen LogP contribution in [0, 0.1) is 5.92 Å². The summed E-state index contributed by atoms with van der Waals surface area (Å²) in [6.45, 7) is 6.13. The van der Waals surface area contributed by atoms with Crippen molar-refractivity contribution in [1.29, 1.82) is 0 Å². The summed E-state index contributed by atoms with van der Waals surface area (Å²) in [6.07, 6.45) is 9.04. The Morgan fingerprint density at radius 2 is 2.26 bits per heavy atom. The zero-order valence-corrected chi connectivity index (χ0v) is 12.4. The molecular formula is C15H27N3O. The van der Waals surface area contributed by atoms with Crippen LogP contribution >= 0.6 is 0 Å². The Labute approximate surface area is 116 Å². The third-order valence-electron chi connectivity index (χ3n) is 3.88. The highest BCUT2D eigenvalue weighted by molar-refractivity contribution is 5.00. The Morgan fingerprint density at radius 3 is 2.84 bits per heavy atom. The van der Waals surface area contributed by atoms with Gasteiger partial charge in [-0.15, -0.1) is 0 Å². The van der Waals surface area contributed by atoms with Gasteiger partial charge in [-0.2, -0.15) is 0 Å². The van der Waals surface area contributed by atoms with Crippen LogP contribution in [0.3, 0.4) is 0 Å². The molecule has 1 aliphatic rings. The van der Waals surface area contributed by atoms with Crippen LogP contribution in [-0.4, -0.2) is 35.4 Å². The minimum atomic E-state index is 0.335. The third-order valence-corrected chi connectivity index (χ3v) is 3.88. The van der Waals surface area contributed by atoms with E-state index in [-0.39, 0.29) is 0 Å². The number of aromatic nitrogens is 2. The number of nitrogens with one attached hydrogen (secondary N) is 1. The van der Waals surface area contributed by atoms with Gasteiger partial charge in [-0.1, -0.05) is 6.92 Å². The molecule has 4 nitrogen and oxygen atoms in total. The van der Waals surface area contributed by atoms with Gasteiger partial charge in [0.05, 0.1) is 6.10 Å². The van der Waals surface area contributed by atoms with Crippen LogP contribution in [0.15, 0.2) is 12.4 Å². The Hall–Kier alpha value is -0.870. The lowest BCUT2D eigenvalue weighted by Crippen LogP contribution is -2.43. The van der Waals surface area contributed by atoms with Gasteiger partial charge in [-0.25, -0.2) is 4.98 Å². The van der Waals surface area contributed by atoms with Crippen LogP contribution < -0.4 is 5.32 Å². The predicted molar refractivity (Wildman–Crippen MR) is 77.2 cm³/mol. The van der Waals surface area contributed by atoms with Crippen LogP contribution in [-0.2, 0) is 17.7 Å². The van der Waals surface area contributed by atoms with E-state index in [2.05, 4.69) is 34.9 Å². The topological polar surface area (TPSA) is 39.1 Å². The molecule has 1 aromatic heterocycles. The maximum Gasteiger partial charge on any atom is 0.110 e. The van der Waals surface area contributed by atoms with Crippen molar-refractivity contribution in [3.63, 3.8) is 0 Å². The van der Waals surface area contributed by atoms with E-state index in [1.807, 2.05) is 13.2 Å². The summed E-state index contributed by atoms with van der Waals surface area (Å²) >= 11 is 0. The molecule has 0 bridgehead atoms. The average Bonchev–Trinajstić information content (AvgIpc) is 3.16. The molecule has 0 aliphatic heterocycles. The maximum atomic E-state index is 5.97. The van der Waals surface area contributed by atoms with Gasteiger partial charge in [-0.05, 0) is 39.2 Å². The predicted octanol–water partition coefficient (Wildman–Crippen LogP) is 2.24. The van der Waals surface area contributed by atoms with Crippen molar-refractivity contribution in [2.24, 2.45) is 5.92 Å². The SMILES string of the molecule is CCCn1ccnc1CC(NC)C(OCC)C1CC1. The molecule has 108 valence electrons. The van der Waals surface area contributed by atoms with E-state index < -0.39 is 0 Å². The second-order valence-electron chi connectivity index (χ2n) is 5.39. The Bertz CT molecular complexity index is 373. The molecule has 19 heavy (non-hydrogen) atoms. The highest BCUT2D eigenvalue weighted by Gasteiger charge is 2.37. The number of ether oxygens (including phenoxy) is 1. The molecule has 1 aromatic rings. The fourth-order valence-corrected chi connectivity index (χ4v) is 2.75. The third kappa shape index (κ3) is 3.80. The summed E-state index contributed by atoms with van der Waals surface area (Å²) in [6, 6.07) is 0.366. The van der Waals surface area contributed by atoms with E-state index in [1.165, 1.54) is 18.7 Å². The molecule has 0 spiro atoms. The first-order chi connectivity index (χ1) is 9.30. The standard InChI is InChI=1S/C15H27N3O/c1-4-9-18-10-8-17-14(18)11-13(16-3)15(19-5-2)12-6-7-12/h8,10,12-13,15-16H,4-7,9,11H2,1-3H3. The van der Waals surface area contributed by atoms with E-state index in [0.717, 1.165) is 31.9 Å². The van der Waals surface area contributed by atoms with Crippen molar-refractivity contribution in [2.75, 3.05) is 13.7 Å². The van der Waals surface area contributed by atoms with E-state index in [4.69, 9.17) is 4.74 Å². The molecular weight excluding hydrogens is 238 g/mol. The quantitative estimate of drug-likeness (QED) is 0.744. The van der Waals surface area contributed by atoms with Crippen LogP contribution in [0.4, 0.5) is 0 Å². The van der Waals surface area contributed by atoms with Crippen molar-refractivity contribution in [2.45, 2.75) is 58.2 Å². The lowest BCUT2D eigenvalue weighted by molar-refractivity contribution is 0.0204. The van der Waals surface area contributed by atoms with Crippen LogP contribution in [0.5, 0.6) is 0 Å². The first-order valence-electron chi connectivity index (χ1n) is 7.59. The summed E-state index contributed by atoms with van der Waals surface area (Å²) in [4.78, 5) is 4.51. The fourth-order valence-electron chi connectivity index (χ4n) is 2.75. The highest BCUT2D eigenvalue weighted by Crippen LogP contribution is 2.36. The molecule has 2 atom stereocenters. The molecule has 0 aromatic carbocycles. The van der Waals surface area contributed by atoms with Crippen LogP contribution in [0.1, 0.15) is 38.9 Å². The van der Waals surface area contributed by atoms with Gasteiger partial charge in [0.25, 0.3) is 0 Å². The second-order valence-corrected chi connectivity index (χ2v) is 5.39. The number of aryl methyl sites for hydroxylation is 1. The number of imidazole rings is 1. The summed E-state index contributed by atoms with van der Waals surface area (Å²) in [5.74, 6) is 1.92. The molecule has 0 radical (unpaired) electrons. The van der Waals surface area contributed by atoms with Gasteiger partial charge in [-0.3, -0.25) is 0 Å². The first-order valence-corrected chi connectivity index (χ1v) is 7.59. The monoisotopic (exact) mass is 265 g/mol. The molecule has 1 fully saturated rings. The fraction of sp³-hybridized carbons (Fsp3) is 0.800. The van der Waals surface area contributed by atoms with E-state index in [9.17, 15) is 0 Å². The molecule has 2 unspecified atom stereocenters. The molecule has 1 aliphatic carbocycles. The molecule has 1 heterocycles. The molecule has 1 saturated carbocycles. The van der Waals surface area contributed by atoms with Gasteiger partial charge < -0.3 is 14.6 Å². The summed E-state index contributed by atoms with van der Waals surface area (Å²) < 4.78 is 8.23. The van der Waals surface area contributed by atoms with Crippen LogP contribution in [0.25, 0.3) is 0 Å².